The van der Waals surface area contributed by atoms with Gasteiger partial charge in [0.1, 0.15) is 17.3 Å². The van der Waals surface area contributed by atoms with Crippen LogP contribution in [0.2, 0.25) is 0 Å². The van der Waals surface area contributed by atoms with E-state index in [4.69, 9.17) is 4.74 Å². The van der Waals surface area contributed by atoms with Gasteiger partial charge in [-0.05, 0) is 24.6 Å². The molecule has 0 saturated heterocycles. The highest BCUT2D eigenvalue weighted by Gasteiger charge is 2.16. The summed E-state index contributed by atoms with van der Waals surface area (Å²) in [4.78, 5) is 23.1. The number of anilines is 2. The van der Waals surface area contributed by atoms with Crippen molar-refractivity contribution in [3.63, 3.8) is 0 Å². The van der Waals surface area contributed by atoms with Crippen LogP contribution in [0.15, 0.2) is 67.0 Å². The number of rotatable bonds is 7. The van der Waals surface area contributed by atoms with E-state index in [-0.39, 0.29) is 5.91 Å². The molecular formula is C21H22N4O2. The number of methoxy groups -OCH3 is 1. The molecular weight excluding hydrogens is 340 g/mol. The lowest BCUT2D eigenvalue weighted by molar-refractivity contribution is 0.0746. The molecule has 0 unspecified atom stereocenters. The molecule has 0 aliphatic carbocycles. The van der Waals surface area contributed by atoms with Gasteiger partial charge in [-0.2, -0.15) is 0 Å². The highest BCUT2D eigenvalue weighted by Crippen LogP contribution is 2.25. The molecule has 0 atom stereocenters. The molecule has 6 heteroatoms. The van der Waals surface area contributed by atoms with Crippen LogP contribution >= 0.6 is 0 Å². The van der Waals surface area contributed by atoms with Crippen molar-refractivity contribution in [3.05, 3.63) is 78.2 Å². The summed E-state index contributed by atoms with van der Waals surface area (Å²) in [5.74, 6) is 1.11. The van der Waals surface area contributed by atoms with Crippen molar-refractivity contribution in [1.29, 1.82) is 0 Å². The average molecular weight is 362 g/mol. The summed E-state index contributed by atoms with van der Waals surface area (Å²) in [6, 6.07) is 17.4. The lowest BCUT2D eigenvalue weighted by Crippen LogP contribution is -2.31. The van der Waals surface area contributed by atoms with Gasteiger partial charge in [0.25, 0.3) is 5.91 Å². The van der Waals surface area contributed by atoms with E-state index in [2.05, 4.69) is 15.3 Å². The maximum Gasteiger partial charge on any atom is 0.274 e. The van der Waals surface area contributed by atoms with E-state index in [1.807, 2.05) is 61.5 Å². The first-order valence-electron chi connectivity index (χ1n) is 8.76. The maximum absolute atomic E-state index is 12.7. The molecule has 0 saturated carbocycles. The molecule has 0 bridgehead atoms. The summed E-state index contributed by atoms with van der Waals surface area (Å²) in [5, 5.41) is 3.15. The number of hydrogen-bond donors (Lipinski definition) is 1. The molecule has 1 aromatic heterocycles. The van der Waals surface area contributed by atoms with Crippen LogP contribution < -0.4 is 10.1 Å². The number of carbonyl (C=O) groups is 1. The number of aromatic nitrogens is 2. The first kappa shape index (κ1) is 18.4. The fourth-order valence-corrected chi connectivity index (χ4v) is 2.68. The molecule has 0 fully saturated rings. The van der Waals surface area contributed by atoms with Crippen LogP contribution in [0.25, 0.3) is 0 Å². The zero-order valence-electron chi connectivity index (χ0n) is 15.4. The summed E-state index contributed by atoms with van der Waals surface area (Å²) in [6.07, 6.45) is 3.05. The van der Waals surface area contributed by atoms with Crippen molar-refractivity contribution in [1.82, 2.24) is 14.9 Å². The predicted molar refractivity (Wildman–Crippen MR) is 105 cm³/mol. The van der Waals surface area contributed by atoms with Crippen LogP contribution in [0.1, 0.15) is 23.0 Å². The Bertz CT molecular complexity index is 882. The average Bonchev–Trinajstić information content (AvgIpc) is 2.73. The molecule has 1 heterocycles. The number of ether oxygens (including phenoxy) is 1. The van der Waals surface area contributed by atoms with Crippen molar-refractivity contribution < 1.29 is 9.53 Å². The van der Waals surface area contributed by atoms with E-state index in [1.54, 1.807) is 18.2 Å². The minimum atomic E-state index is -0.141. The van der Waals surface area contributed by atoms with Crippen LogP contribution in [0.3, 0.4) is 0 Å². The summed E-state index contributed by atoms with van der Waals surface area (Å²) in [7, 11) is 1.61. The van der Waals surface area contributed by atoms with Crippen molar-refractivity contribution >= 4 is 17.4 Å². The third-order valence-electron chi connectivity index (χ3n) is 4.13. The summed E-state index contributed by atoms with van der Waals surface area (Å²) < 4.78 is 5.31. The van der Waals surface area contributed by atoms with E-state index in [9.17, 15) is 4.79 Å². The summed E-state index contributed by atoms with van der Waals surface area (Å²) in [5.41, 5.74) is 2.18. The number of benzene rings is 2. The zero-order chi connectivity index (χ0) is 19.1. The van der Waals surface area contributed by atoms with Crippen LogP contribution in [-0.2, 0) is 6.54 Å². The molecule has 138 valence electrons. The highest BCUT2D eigenvalue weighted by molar-refractivity contribution is 5.92. The smallest absolute Gasteiger partial charge is 0.274 e. The molecule has 6 nitrogen and oxygen atoms in total. The monoisotopic (exact) mass is 362 g/mol. The Morgan fingerprint density at radius 1 is 1.04 bits per heavy atom. The zero-order valence-corrected chi connectivity index (χ0v) is 15.4. The lowest BCUT2D eigenvalue weighted by atomic mass is 10.2. The van der Waals surface area contributed by atoms with Crippen LogP contribution in [0.5, 0.6) is 5.75 Å². The van der Waals surface area contributed by atoms with Gasteiger partial charge in [-0.25, -0.2) is 9.97 Å². The molecule has 0 aliphatic heterocycles. The van der Waals surface area contributed by atoms with Crippen LogP contribution in [0.4, 0.5) is 11.5 Å². The van der Waals surface area contributed by atoms with Gasteiger partial charge in [0.15, 0.2) is 0 Å². The Labute approximate surface area is 158 Å². The van der Waals surface area contributed by atoms with Gasteiger partial charge in [0.05, 0.1) is 25.2 Å². The number of carbonyl (C=O) groups excluding carboxylic acids is 1. The quantitative estimate of drug-likeness (QED) is 0.691. The van der Waals surface area contributed by atoms with Crippen molar-refractivity contribution in [3.8, 4) is 5.75 Å². The van der Waals surface area contributed by atoms with E-state index >= 15 is 0 Å². The number of nitrogens with zero attached hydrogens (tertiary/aromatic N) is 3. The lowest BCUT2D eigenvalue weighted by Gasteiger charge is -2.20. The second-order valence-electron chi connectivity index (χ2n) is 5.92. The molecule has 3 aromatic rings. The first-order valence-corrected chi connectivity index (χ1v) is 8.76. The number of amides is 1. The fraction of sp³-hybridized carbons (Fsp3) is 0.190. The van der Waals surface area contributed by atoms with Gasteiger partial charge >= 0.3 is 0 Å². The minimum absolute atomic E-state index is 0.141. The standard InChI is InChI=1S/C21H22N4O2/c1-3-25(15-16-9-5-4-6-10-16)21(26)18-13-23-20(14-22-18)24-17-11-7-8-12-19(17)27-2/h4-14H,3,15H2,1-2H3,(H,23,24). The second kappa shape index (κ2) is 8.80. The Hall–Kier alpha value is -3.41. The normalized spacial score (nSPS) is 10.3. The number of nitrogens with one attached hydrogen (secondary N) is 1. The van der Waals surface area contributed by atoms with Gasteiger partial charge in [0.2, 0.25) is 0 Å². The Morgan fingerprint density at radius 2 is 1.78 bits per heavy atom. The molecule has 3 rings (SSSR count). The van der Waals surface area contributed by atoms with Crippen molar-refractivity contribution in [2.75, 3.05) is 19.0 Å². The largest absolute Gasteiger partial charge is 0.495 e. The Morgan fingerprint density at radius 3 is 2.44 bits per heavy atom. The SMILES string of the molecule is CCN(Cc1ccccc1)C(=O)c1cnc(Nc2ccccc2OC)cn1. The van der Waals surface area contributed by atoms with Crippen LogP contribution in [0, 0.1) is 0 Å². The van der Waals surface area contributed by atoms with Gasteiger partial charge in [-0.15, -0.1) is 0 Å². The molecule has 0 spiro atoms. The van der Waals surface area contributed by atoms with E-state index in [0.717, 1.165) is 11.3 Å². The first-order chi connectivity index (χ1) is 13.2. The van der Waals surface area contributed by atoms with Gasteiger partial charge in [0, 0.05) is 13.1 Å². The second-order valence-corrected chi connectivity index (χ2v) is 5.92. The van der Waals surface area contributed by atoms with E-state index in [0.29, 0.717) is 30.4 Å². The topological polar surface area (TPSA) is 67.4 Å². The molecule has 27 heavy (non-hydrogen) atoms. The molecule has 1 amide bonds. The third-order valence-corrected chi connectivity index (χ3v) is 4.13. The van der Waals surface area contributed by atoms with Gasteiger partial charge < -0.3 is 15.0 Å². The molecule has 0 aliphatic rings. The molecule has 0 radical (unpaired) electrons. The number of para-hydroxylation sites is 2. The Balaban J connectivity index is 1.71. The maximum atomic E-state index is 12.7. The Kier molecular flexibility index (Phi) is 5.99. The van der Waals surface area contributed by atoms with E-state index in [1.165, 1.54) is 6.20 Å². The summed E-state index contributed by atoms with van der Waals surface area (Å²) in [6.45, 7) is 3.08. The molecule has 1 N–H and O–H groups in total. The van der Waals surface area contributed by atoms with Crippen LogP contribution in [-0.4, -0.2) is 34.4 Å². The number of hydrogen-bond acceptors (Lipinski definition) is 5. The highest BCUT2D eigenvalue weighted by atomic mass is 16.5. The van der Waals surface area contributed by atoms with Crippen molar-refractivity contribution in [2.45, 2.75) is 13.5 Å². The van der Waals surface area contributed by atoms with Gasteiger partial charge in [-0.1, -0.05) is 42.5 Å². The summed E-state index contributed by atoms with van der Waals surface area (Å²) >= 11 is 0. The predicted octanol–water partition coefficient (Wildman–Crippen LogP) is 3.89. The minimum Gasteiger partial charge on any atom is -0.495 e. The third kappa shape index (κ3) is 4.61. The van der Waals surface area contributed by atoms with E-state index < -0.39 is 0 Å². The molecule has 2 aromatic carbocycles. The fourth-order valence-electron chi connectivity index (χ4n) is 2.68. The van der Waals surface area contributed by atoms with Crippen molar-refractivity contribution in [2.24, 2.45) is 0 Å². The van der Waals surface area contributed by atoms with Gasteiger partial charge in [-0.3, -0.25) is 4.79 Å².